The van der Waals surface area contributed by atoms with Gasteiger partial charge in [-0.3, -0.25) is 0 Å². The molecule has 0 radical (unpaired) electrons. The molecule has 0 saturated carbocycles. The second-order valence-electron chi connectivity index (χ2n) is 17.4. The quantitative estimate of drug-likeness (QED) is 0.0787. The van der Waals surface area contributed by atoms with E-state index in [2.05, 4.69) is 178 Å². The standard InChI is InChI=1S/C62H62O/c1-5-8-10-12-14-16-19-58-45(4)63-62(59(58)20-17-15-13-11-9-6-2)42-41-57-44-60-54-37-33-52(34-38-54)50-29-25-48(26-30-50)46-21-23-47(24-22-46)49-27-31-51(32-28-49)53-35-39-55(40-36-53)61(57)43-56(60)18-7-3/h21-40,43-44H,5-6,8-17,19-20H2,1-4H3. The highest BCUT2D eigenvalue weighted by Gasteiger charge is 2.18. The maximum absolute atomic E-state index is 6.65. The molecule has 0 N–H and O–H groups in total. The summed E-state index contributed by atoms with van der Waals surface area (Å²) in [4.78, 5) is 0. The van der Waals surface area contributed by atoms with Gasteiger partial charge in [-0.15, -0.1) is 5.92 Å². The summed E-state index contributed by atoms with van der Waals surface area (Å²) in [5.41, 5.74) is 18.7. The zero-order valence-corrected chi connectivity index (χ0v) is 38.0. The van der Waals surface area contributed by atoms with Crippen LogP contribution in [0.3, 0.4) is 0 Å². The molecule has 63 heavy (non-hydrogen) atoms. The van der Waals surface area contributed by atoms with Crippen molar-refractivity contribution in [3.8, 4) is 90.4 Å². The molecule has 6 aromatic carbocycles. The molecule has 12 bridgehead atoms. The minimum Gasteiger partial charge on any atom is -0.452 e. The van der Waals surface area contributed by atoms with Gasteiger partial charge >= 0.3 is 0 Å². The smallest absolute Gasteiger partial charge is 0.180 e. The molecule has 0 fully saturated rings. The lowest BCUT2D eigenvalue weighted by Crippen LogP contribution is -1.96. The van der Waals surface area contributed by atoms with Gasteiger partial charge in [0.05, 0.1) is 0 Å². The van der Waals surface area contributed by atoms with E-state index < -0.39 is 0 Å². The minimum atomic E-state index is 0.844. The Balaban J connectivity index is 1.22. The fraction of sp³-hybridized carbons (Fsp3) is 0.290. The lowest BCUT2D eigenvalue weighted by atomic mass is 9.89. The Morgan fingerprint density at radius 2 is 0.683 bits per heavy atom. The molecule has 0 spiro atoms. The molecule has 0 atom stereocenters. The molecule has 7 aromatic rings. The van der Waals surface area contributed by atoms with Crippen molar-refractivity contribution >= 4 is 0 Å². The maximum atomic E-state index is 6.65. The van der Waals surface area contributed by atoms with Crippen molar-refractivity contribution < 1.29 is 4.42 Å². The highest BCUT2D eigenvalue weighted by atomic mass is 16.3. The lowest BCUT2D eigenvalue weighted by molar-refractivity contribution is 0.513. The first-order valence-electron chi connectivity index (χ1n) is 23.8. The van der Waals surface area contributed by atoms with Crippen LogP contribution < -0.4 is 0 Å². The van der Waals surface area contributed by atoms with E-state index in [1.54, 1.807) is 0 Å². The fourth-order valence-corrected chi connectivity index (χ4v) is 9.28. The predicted octanol–water partition coefficient (Wildman–Crippen LogP) is 17.5. The normalized spacial score (nSPS) is 11.2. The number of benzene rings is 6. The van der Waals surface area contributed by atoms with Crippen LogP contribution in [0.15, 0.2) is 138 Å². The number of unbranched alkanes of at least 4 members (excludes halogenated alkanes) is 10. The van der Waals surface area contributed by atoms with Crippen molar-refractivity contribution in [3.05, 3.63) is 167 Å². The molecule has 1 aromatic heterocycles. The van der Waals surface area contributed by atoms with Gasteiger partial charge in [-0.1, -0.05) is 211 Å². The van der Waals surface area contributed by atoms with Gasteiger partial charge in [0.2, 0.25) is 0 Å². The summed E-state index contributed by atoms with van der Waals surface area (Å²) >= 11 is 0. The summed E-state index contributed by atoms with van der Waals surface area (Å²) in [6.07, 6.45) is 17.4. The summed E-state index contributed by atoms with van der Waals surface area (Å²) < 4.78 is 6.65. The van der Waals surface area contributed by atoms with Crippen LogP contribution in [0.1, 0.15) is 132 Å². The van der Waals surface area contributed by atoms with Gasteiger partial charge in [-0.2, -0.15) is 0 Å². The van der Waals surface area contributed by atoms with Crippen LogP contribution in [-0.2, 0) is 12.8 Å². The average Bonchev–Trinajstić information content (AvgIpc) is 3.63. The van der Waals surface area contributed by atoms with Gasteiger partial charge in [0.15, 0.2) is 5.76 Å². The van der Waals surface area contributed by atoms with Crippen LogP contribution in [0.2, 0.25) is 0 Å². The highest BCUT2D eigenvalue weighted by Crippen LogP contribution is 2.36. The van der Waals surface area contributed by atoms with Crippen molar-refractivity contribution in [1.29, 1.82) is 0 Å². The number of hydrogen-bond donors (Lipinski definition) is 0. The van der Waals surface area contributed by atoms with Crippen molar-refractivity contribution in [2.24, 2.45) is 0 Å². The third-order valence-electron chi connectivity index (χ3n) is 13.0. The van der Waals surface area contributed by atoms with Gasteiger partial charge in [0, 0.05) is 16.7 Å². The lowest BCUT2D eigenvalue weighted by Gasteiger charge is -2.14. The third kappa shape index (κ3) is 10.5. The van der Waals surface area contributed by atoms with Gasteiger partial charge in [-0.25, -0.2) is 0 Å². The summed E-state index contributed by atoms with van der Waals surface area (Å²) in [5, 5.41) is 0. The van der Waals surface area contributed by atoms with Crippen LogP contribution in [0, 0.1) is 30.6 Å². The topological polar surface area (TPSA) is 13.1 Å². The second kappa shape index (κ2) is 21.2. The molecule has 0 saturated heterocycles. The first kappa shape index (κ1) is 43.4. The Labute approximate surface area is 378 Å². The van der Waals surface area contributed by atoms with Gasteiger partial charge in [0.25, 0.3) is 0 Å². The minimum absolute atomic E-state index is 0.844. The zero-order valence-electron chi connectivity index (χ0n) is 38.0. The SMILES string of the molecule is CC#Cc1cc2c(C#Cc3oc(C)c(CCCCCCCC)c3CCCCCCCC)cc1-c1ccc(cc1)-c1ccc(cc1)-c1ccc(cc1)-c1ccc(cc1)-c1ccc-2cc1. The Bertz CT molecular complexity index is 2720. The third-order valence-corrected chi connectivity index (χ3v) is 13.0. The fourth-order valence-electron chi connectivity index (χ4n) is 9.28. The molecular formula is C62H62O. The van der Waals surface area contributed by atoms with E-state index in [1.165, 1.54) is 133 Å². The van der Waals surface area contributed by atoms with E-state index in [-0.39, 0.29) is 0 Å². The highest BCUT2D eigenvalue weighted by molar-refractivity contribution is 5.84. The molecule has 316 valence electrons. The summed E-state index contributed by atoms with van der Waals surface area (Å²) in [6, 6.07) is 49.1. The molecule has 23 rings (SSSR count). The Morgan fingerprint density at radius 1 is 0.365 bits per heavy atom. The molecular weight excluding hydrogens is 761 g/mol. The monoisotopic (exact) mass is 822 g/mol. The molecule has 16 aliphatic rings. The summed E-state index contributed by atoms with van der Waals surface area (Å²) in [6.45, 7) is 8.65. The number of rotatable bonds is 14. The van der Waals surface area contributed by atoms with Crippen molar-refractivity contribution in [1.82, 2.24) is 0 Å². The van der Waals surface area contributed by atoms with Gasteiger partial charge in [-0.05, 0) is 130 Å². The van der Waals surface area contributed by atoms with Crippen LogP contribution >= 0.6 is 0 Å². The van der Waals surface area contributed by atoms with E-state index in [0.29, 0.717) is 0 Å². The average molecular weight is 823 g/mol. The first-order chi connectivity index (χ1) is 31.0. The van der Waals surface area contributed by atoms with E-state index in [0.717, 1.165) is 57.7 Å². The molecule has 0 amide bonds. The van der Waals surface area contributed by atoms with Crippen LogP contribution in [-0.4, -0.2) is 0 Å². The van der Waals surface area contributed by atoms with Crippen molar-refractivity contribution in [2.45, 2.75) is 118 Å². The molecule has 1 heteroatoms. The molecule has 0 unspecified atom stereocenters. The maximum Gasteiger partial charge on any atom is 0.180 e. The van der Waals surface area contributed by atoms with Gasteiger partial charge in [0.1, 0.15) is 5.76 Å². The Hall–Kier alpha value is -6.28. The largest absolute Gasteiger partial charge is 0.452 e. The van der Waals surface area contributed by atoms with E-state index in [1.807, 2.05) is 6.92 Å². The van der Waals surface area contributed by atoms with Crippen LogP contribution in [0.4, 0.5) is 0 Å². The van der Waals surface area contributed by atoms with Crippen LogP contribution in [0.25, 0.3) is 66.8 Å². The summed E-state index contributed by atoms with van der Waals surface area (Å²) in [7, 11) is 0. The molecule has 0 aliphatic heterocycles. The van der Waals surface area contributed by atoms with Crippen molar-refractivity contribution in [2.75, 3.05) is 0 Å². The van der Waals surface area contributed by atoms with E-state index >= 15 is 0 Å². The number of aryl methyl sites for hydroxylation is 1. The van der Waals surface area contributed by atoms with E-state index in [4.69, 9.17) is 4.42 Å². The first-order valence-corrected chi connectivity index (χ1v) is 23.8. The second-order valence-corrected chi connectivity index (χ2v) is 17.4. The number of hydrogen-bond acceptors (Lipinski definition) is 1. The Morgan fingerprint density at radius 3 is 1.05 bits per heavy atom. The van der Waals surface area contributed by atoms with E-state index in [9.17, 15) is 0 Å². The molecule has 16 aliphatic carbocycles. The number of furan rings is 1. The molecule has 1 heterocycles. The van der Waals surface area contributed by atoms with Crippen LogP contribution in [0.5, 0.6) is 0 Å². The van der Waals surface area contributed by atoms with Gasteiger partial charge < -0.3 is 4.42 Å². The van der Waals surface area contributed by atoms with Crippen molar-refractivity contribution in [3.63, 3.8) is 0 Å². The predicted molar refractivity (Wildman–Crippen MR) is 269 cm³/mol. The summed E-state index contributed by atoms with van der Waals surface area (Å²) in [5.74, 6) is 15.9. The Kier molecular flexibility index (Phi) is 14.6. The molecule has 1 nitrogen and oxygen atoms in total. The zero-order chi connectivity index (χ0) is 43.4.